The SMILES string of the molecule is C[C]1[C](C)[C](C)[C](c2ccccc2CN[C@H](c2ccccc2)[C@H](NS(=O)(=O)c2ccc(C)cc2)c2ccccc2)[C]1C. The average Bonchev–Trinajstić information content (AvgIpc) is 3.20. The van der Waals surface area contributed by atoms with Crippen molar-refractivity contribution in [1.82, 2.24) is 10.0 Å². The third-order valence-corrected chi connectivity index (χ3v) is 9.96. The van der Waals surface area contributed by atoms with E-state index in [-0.39, 0.29) is 10.9 Å². The van der Waals surface area contributed by atoms with E-state index in [9.17, 15) is 8.42 Å². The Kier molecular flexibility index (Phi) is 9.32. The molecule has 0 heterocycles. The molecule has 1 fully saturated rings. The van der Waals surface area contributed by atoms with E-state index in [1.165, 1.54) is 40.7 Å². The van der Waals surface area contributed by atoms with E-state index in [1.807, 2.05) is 67.6 Å². The van der Waals surface area contributed by atoms with Crippen molar-refractivity contribution in [2.75, 3.05) is 0 Å². The Labute approximate surface area is 252 Å². The summed E-state index contributed by atoms with van der Waals surface area (Å²) in [4.78, 5) is 0.249. The summed E-state index contributed by atoms with van der Waals surface area (Å²) in [5.41, 5.74) is 5.28. The number of rotatable bonds is 10. The van der Waals surface area contributed by atoms with Crippen molar-refractivity contribution in [3.63, 3.8) is 0 Å². The summed E-state index contributed by atoms with van der Waals surface area (Å²) in [6.07, 6.45) is 0. The van der Waals surface area contributed by atoms with E-state index >= 15 is 0 Å². The lowest BCUT2D eigenvalue weighted by atomic mass is 9.81. The minimum Gasteiger partial charge on any atom is -0.304 e. The maximum atomic E-state index is 13.7. The molecule has 0 aliphatic heterocycles. The second-order valence-electron chi connectivity index (χ2n) is 11.1. The van der Waals surface area contributed by atoms with Gasteiger partial charge < -0.3 is 5.32 Å². The Morgan fingerprint density at radius 2 is 1.07 bits per heavy atom. The molecule has 4 nitrogen and oxygen atoms in total. The summed E-state index contributed by atoms with van der Waals surface area (Å²) in [5.74, 6) is 6.58. The van der Waals surface area contributed by atoms with Gasteiger partial charge in [-0.2, -0.15) is 0 Å². The Morgan fingerprint density at radius 3 is 1.64 bits per heavy atom. The molecule has 0 saturated heterocycles. The maximum absolute atomic E-state index is 13.7. The molecule has 5 radical (unpaired) electrons. The van der Waals surface area contributed by atoms with Gasteiger partial charge in [-0.05, 0) is 65.0 Å². The highest BCUT2D eigenvalue weighted by Crippen LogP contribution is 2.55. The fraction of sp³-hybridized carbons (Fsp3) is 0.216. The van der Waals surface area contributed by atoms with Gasteiger partial charge in [0.1, 0.15) is 0 Å². The molecule has 0 unspecified atom stereocenters. The Morgan fingerprint density at radius 1 is 0.571 bits per heavy atom. The molecular formula is C37H39N2O2S. The Balaban J connectivity index is 1.52. The molecule has 1 aliphatic carbocycles. The van der Waals surface area contributed by atoms with Gasteiger partial charge in [0, 0.05) is 12.5 Å². The third kappa shape index (κ3) is 6.39. The molecule has 1 saturated carbocycles. The number of aryl methyl sites for hydroxylation is 1. The van der Waals surface area contributed by atoms with Gasteiger partial charge in [-0.15, -0.1) is 0 Å². The number of hydrogen-bond donors (Lipinski definition) is 2. The number of hydrogen-bond acceptors (Lipinski definition) is 3. The molecule has 4 aromatic carbocycles. The molecule has 5 heteroatoms. The lowest BCUT2D eigenvalue weighted by molar-refractivity contribution is 0.421. The molecule has 0 amide bonds. The summed E-state index contributed by atoms with van der Waals surface area (Å²) < 4.78 is 30.6. The molecule has 42 heavy (non-hydrogen) atoms. The van der Waals surface area contributed by atoms with Gasteiger partial charge in [0.15, 0.2) is 0 Å². The van der Waals surface area contributed by atoms with Crippen LogP contribution in [0.5, 0.6) is 0 Å². The summed E-state index contributed by atoms with van der Waals surface area (Å²) in [7, 11) is -3.81. The predicted molar refractivity (Wildman–Crippen MR) is 171 cm³/mol. The zero-order valence-corrected chi connectivity index (χ0v) is 25.8. The van der Waals surface area contributed by atoms with Crippen molar-refractivity contribution < 1.29 is 8.42 Å². The molecule has 0 spiro atoms. The highest BCUT2D eigenvalue weighted by atomic mass is 32.2. The number of nitrogens with one attached hydrogen (secondary N) is 2. The molecule has 4 aromatic rings. The van der Waals surface area contributed by atoms with Crippen molar-refractivity contribution in [3.8, 4) is 0 Å². The molecule has 2 N–H and O–H groups in total. The van der Waals surface area contributed by atoms with Crippen LogP contribution in [0.1, 0.15) is 67.6 Å². The fourth-order valence-corrected chi connectivity index (χ4v) is 7.03. The van der Waals surface area contributed by atoms with Gasteiger partial charge in [-0.1, -0.05) is 130 Å². The third-order valence-electron chi connectivity index (χ3n) is 8.50. The zero-order valence-electron chi connectivity index (χ0n) is 25.0. The van der Waals surface area contributed by atoms with E-state index in [1.54, 1.807) is 12.1 Å². The van der Waals surface area contributed by atoms with E-state index in [0.29, 0.717) is 6.54 Å². The van der Waals surface area contributed by atoms with Crippen LogP contribution in [-0.4, -0.2) is 8.42 Å². The van der Waals surface area contributed by atoms with E-state index in [2.05, 4.69) is 74.1 Å². The fourth-order valence-electron chi connectivity index (χ4n) is 5.79. The monoisotopic (exact) mass is 575 g/mol. The summed E-state index contributed by atoms with van der Waals surface area (Å²) in [6.45, 7) is 11.3. The standard InChI is InChI=1S/C37H39N2O2S/c1-25-20-22-33(23-21-25)42(40,41)39-37(31-16-10-7-11-17-31)36(30-14-8-6-9-15-30)38-24-32-18-12-13-19-34(32)35-28(4)26(2)27(3)29(35)5/h6-23,36-39H,24H2,1-5H3/t36-,37-/m1/s1. The molecule has 2 atom stereocenters. The van der Waals surface area contributed by atoms with E-state index < -0.39 is 16.1 Å². The van der Waals surface area contributed by atoms with Crippen LogP contribution in [0.15, 0.2) is 114 Å². The molecule has 0 aromatic heterocycles. The van der Waals surface area contributed by atoms with E-state index in [0.717, 1.165) is 16.7 Å². The second-order valence-corrected chi connectivity index (χ2v) is 12.8. The van der Waals surface area contributed by atoms with Crippen LogP contribution in [0.3, 0.4) is 0 Å². The molecular weight excluding hydrogens is 536 g/mol. The smallest absolute Gasteiger partial charge is 0.241 e. The molecule has 0 bridgehead atoms. The van der Waals surface area contributed by atoms with Crippen molar-refractivity contribution >= 4 is 10.0 Å². The predicted octanol–water partition coefficient (Wildman–Crippen LogP) is 7.86. The highest BCUT2D eigenvalue weighted by Gasteiger charge is 2.45. The Bertz CT molecular complexity index is 1540. The largest absolute Gasteiger partial charge is 0.304 e. The van der Waals surface area contributed by atoms with Crippen LogP contribution in [0.25, 0.3) is 0 Å². The minimum absolute atomic E-state index is 0.249. The van der Waals surface area contributed by atoms with Gasteiger partial charge in [0.05, 0.1) is 17.0 Å². The summed E-state index contributed by atoms with van der Waals surface area (Å²) >= 11 is 0. The average molecular weight is 576 g/mol. The molecule has 215 valence electrons. The van der Waals surface area contributed by atoms with Crippen molar-refractivity contribution in [2.24, 2.45) is 0 Å². The first-order valence-electron chi connectivity index (χ1n) is 14.4. The minimum atomic E-state index is -3.81. The van der Waals surface area contributed by atoms with Gasteiger partial charge in [0.25, 0.3) is 0 Å². The quantitative estimate of drug-likeness (QED) is 0.202. The van der Waals surface area contributed by atoms with Crippen LogP contribution in [0.4, 0.5) is 0 Å². The summed E-state index contributed by atoms with van der Waals surface area (Å²) in [5, 5.41) is 3.78. The molecule has 1 aliphatic rings. The van der Waals surface area contributed by atoms with Crippen LogP contribution in [0.2, 0.25) is 0 Å². The topological polar surface area (TPSA) is 58.2 Å². The lowest BCUT2D eigenvalue weighted by Crippen LogP contribution is -2.38. The van der Waals surface area contributed by atoms with Gasteiger partial charge in [0.2, 0.25) is 10.0 Å². The van der Waals surface area contributed by atoms with Crippen molar-refractivity contribution in [1.29, 1.82) is 0 Å². The van der Waals surface area contributed by atoms with Crippen LogP contribution in [0, 0.1) is 36.5 Å². The van der Waals surface area contributed by atoms with Crippen molar-refractivity contribution in [3.05, 3.63) is 167 Å². The first kappa shape index (κ1) is 30.2. The van der Waals surface area contributed by atoms with Crippen LogP contribution in [-0.2, 0) is 16.6 Å². The van der Waals surface area contributed by atoms with Gasteiger partial charge in [-0.3, -0.25) is 0 Å². The van der Waals surface area contributed by atoms with Crippen molar-refractivity contribution in [2.45, 2.75) is 58.1 Å². The normalized spacial score (nSPS) is 17.5. The van der Waals surface area contributed by atoms with Gasteiger partial charge in [-0.25, -0.2) is 13.1 Å². The first-order chi connectivity index (χ1) is 20.2. The van der Waals surface area contributed by atoms with Crippen LogP contribution < -0.4 is 10.0 Å². The lowest BCUT2D eigenvalue weighted by Gasteiger charge is -2.31. The maximum Gasteiger partial charge on any atom is 0.241 e. The number of benzene rings is 4. The number of sulfonamides is 1. The van der Waals surface area contributed by atoms with Gasteiger partial charge >= 0.3 is 0 Å². The van der Waals surface area contributed by atoms with Crippen LogP contribution >= 0.6 is 0 Å². The van der Waals surface area contributed by atoms with E-state index in [4.69, 9.17) is 0 Å². The second kappa shape index (κ2) is 12.9. The first-order valence-corrected chi connectivity index (χ1v) is 15.9. The summed E-state index contributed by atoms with van der Waals surface area (Å²) in [6, 6.07) is 34.5. The molecule has 5 rings (SSSR count). The highest BCUT2D eigenvalue weighted by molar-refractivity contribution is 7.89. The zero-order chi connectivity index (χ0) is 29.9. The Hall–Kier alpha value is -3.25.